The van der Waals surface area contributed by atoms with Crippen LogP contribution in [0.2, 0.25) is 0 Å². The standard InChI is InChI=1S/C52H35NOS/c1-3-12-34(13-4-1)35-24-28-40(29-25-35)53(47-19-11-18-42-41-16-8-10-21-50(41)55-52(42)47)46-30-26-39(32-44(46)36-14-5-2-6-15-36)38-23-22-37-27-31-49-51(45(37)33-38)43-17-7-9-20-48(43)54-49/h1,3-5,7-33H,2,6H2. The van der Waals surface area contributed by atoms with Crippen molar-refractivity contribution in [1.82, 2.24) is 0 Å². The van der Waals surface area contributed by atoms with Crippen molar-refractivity contribution in [1.29, 1.82) is 0 Å². The monoisotopic (exact) mass is 721 g/mol. The zero-order chi connectivity index (χ0) is 36.3. The topological polar surface area (TPSA) is 16.4 Å². The molecule has 2 nitrogen and oxygen atoms in total. The summed E-state index contributed by atoms with van der Waals surface area (Å²) in [7, 11) is 0. The molecule has 0 fully saturated rings. The fourth-order valence-corrected chi connectivity index (χ4v) is 9.63. The van der Waals surface area contributed by atoms with Crippen LogP contribution in [0.5, 0.6) is 0 Å². The first kappa shape index (κ1) is 31.8. The highest BCUT2D eigenvalue weighted by atomic mass is 32.1. The summed E-state index contributed by atoms with van der Waals surface area (Å²) in [6.45, 7) is 0. The Balaban J connectivity index is 1.13. The maximum Gasteiger partial charge on any atom is 0.136 e. The maximum absolute atomic E-state index is 6.29. The minimum absolute atomic E-state index is 0.920. The number of para-hydroxylation sites is 1. The van der Waals surface area contributed by atoms with E-state index in [1.165, 1.54) is 75.4 Å². The summed E-state index contributed by atoms with van der Waals surface area (Å²) < 4.78 is 8.88. The van der Waals surface area contributed by atoms with Crippen LogP contribution in [0, 0.1) is 0 Å². The highest BCUT2D eigenvalue weighted by Crippen LogP contribution is 2.48. The number of furan rings is 1. The number of anilines is 3. The van der Waals surface area contributed by atoms with E-state index < -0.39 is 0 Å². The van der Waals surface area contributed by atoms with Gasteiger partial charge < -0.3 is 9.32 Å². The van der Waals surface area contributed by atoms with E-state index >= 15 is 0 Å². The van der Waals surface area contributed by atoms with Crippen LogP contribution in [0.4, 0.5) is 17.1 Å². The number of benzene rings is 8. The summed E-state index contributed by atoms with van der Waals surface area (Å²) in [6, 6.07) is 61.8. The Morgan fingerprint density at radius 2 is 1.22 bits per heavy atom. The van der Waals surface area contributed by atoms with Crippen LogP contribution in [0.25, 0.3) is 80.7 Å². The van der Waals surface area contributed by atoms with Crippen LogP contribution in [0.15, 0.2) is 193 Å². The Hall–Kier alpha value is -6.68. The largest absolute Gasteiger partial charge is 0.456 e. The lowest BCUT2D eigenvalue weighted by atomic mass is 9.92. The molecule has 0 saturated heterocycles. The zero-order valence-electron chi connectivity index (χ0n) is 30.1. The van der Waals surface area contributed by atoms with Crippen molar-refractivity contribution in [3.8, 4) is 22.3 Å². The van der Waals surface area contributed by atoms with E-state index in [0.29, 0.717) is 0 Å². The molecule has 0 amide bonds. The lowest BCUT2D eigenvalue weighted by Crippen LogP contribution is -2.12. The van der Waals surface area contributed by atoms with Gasteiger partial charge in [-0.2, -0.15) is 0 Å². The van der Waals surface area contributed by atoms with Gasteiger partial charge >= 0.3 is 0 Å². The molecule has 3 heteroatoms. The van der Waals surface area contributed by atoms with Gasteiger partial charge in [0.2, 0.25) is 0 Å². The second-order valence-electron chi connectivity index (χ2n) is 14.3. The minimum Gasteiger partial charge on any atom is -0.456 e. The number of hydrogen-bond donors (Lipinski definition) is 0. The fraction of sp³-hybridized carbons (Fsp3) is 0.0385. The van der Waals surface area contributed by atoms with Crippen molar-refractivity contribution in [3.63, 3.8) is 0 Å². The molecule has 0 bridgehead atoms. The van der Waals surface area contributed by atoms with Crippen molar-refractivity contribution < 1.29 is 4.42 Å². The third kappa shape index (κ3) is 5.39. The second kappa shape index (κ2) is 13.0. The zero-order valence-corrected chi connectivity index (χ0v) is 30.9. The average Bonchev–Trinajstić information content (AvgIpc) is 3.84. The van der Waals surface area contributed by atoms with Gasteiger partial charge in [0.05, 0.1) is 16.1 Å². The first-order valence-corrected chi connectivity index (χ1v) is 19.8. The first-order chi connectivity index (χ1) is 27.3. The van der Waals surface area contributed by atoms with Crippen LogP contribution in [-0.4, -0.2) is 0 Å². The first-order valence-electron chi connectivity index (χ1n) is 19.0. The summed E-state index contributed by atoms with van der Waals surface area (Å²) in [4.78, 5) is 2.48. The Bertz CT molecular complexity index is 3140. The third-order valence-electron chi connectivity index (χ3n) is 11.1. The van der Waals surface area contributed by atoms with Crippen molar-refractivity contribution in [2.75, 3.05) is 4.90 Å². The van der Waals surface area contributed by atoms with Crippen molar-refractivity contribution >= 4 is 86.9 Å². The number of rotatable bonds is 6. The van der Waals surface area contributed by atoms with Gasteiger partial charge in [-0.1, -0.05) is 133 Å². The van der Waals surface area contributed by atoms with E-state index in [1.807, 2.05) is 17.4 Å². The molecule has 0 N–H and O–H groups in total. The quantitative estimate of drug-likeness (QED) is 0.170. The van der Waals surface area contributed by atoms with E-state index in [2.05, 4.69) is 187 Å². The molecule has 2 heterocycles. The van der Waals surface area contributed by atoms with Crippen LogP contribution < -0.4 is 4.90 Å². The van der Waals surface area contributed by atoms with Gasteiger partial charge in [-0.25, -0.2) is 0 Å². The highest BCUT2D eigenvalue weighted by molar-refractivity contribution is 7.26. The molecule has 1 aliphatic rings. The molecule has 1 aliphatic carbocycles. The lowest BCUT2D eigenvalue weighted by Gasteiger charge is -2.29. The molecule has 0 saturated carbocycles. The SMILES string of the molecule is C1=CC(c2cc(-c3ccc4ccc5oc6ccccc6c5c4c3)ccc2N(c2ccc(-c3ccccc3)cc2)c2cccc3c2sc2ccccc23)=CCC1. The van der Waals surface area contributed by atoms with E-state index in [4.69, 9.17) is 4.42 Å². The molecule has 0 radical (unpaired) electrons. The Labute approximate surface area is 323 Å². The number of allylic oxidation sites excluding steroid dienone is 4. The Morgan fingerprint density at radius 1 is 0.491 bits per heavy atom. The van der Waals surface area contributed by atoms with Crippen LogP contribution in [0.3, 0.4) is 0 Å². The molecular formula is C52H35NOS. The summed E-state index contributed by atoms with van der Waals surface area (Å²) in [5.74, 6) is 0. The van der Waals surface area contributed by atoms with Crippen molar-refractivity contribution in [3.05, 3.63) is 194 Å². The van der Waals surface area contributed by atoms with Gasteiger partial charge in [-0.15, -0.1) is 11.3 Å². The van der Waals surface area contributed by atoms with Gasteiger partial charge in [0.1, 0.15) is 11.2 Å². The predicted octanol–water partition coefficient (Wildman–Crippen LogP) is 15.6. The highest BCUT2D eigenvalue weighted by Gasteiger charge is 2.23. The summed E-state index contributed by atoms with van der Waals surface area (Å²) in [6.07, 6.45) is 9.11. The third-order valence-corrected chi connectivity index (χ3v) is 12.3. The van der Waals surface area contributed by atoms with E-state index in [0.717, 1.165) is 40.8 Å². The van der Waals surface area contributed by atoms with Crippen LogP contribution >= 0.6 is 11.3 Å². The van der Waals surface area contributed by atoms with Gasteiger partial charge in [-0.05, 0) is 106 Å². The normalized spacial score (nSPS) is 13.0. The molecule has 11 rings (SSSR count). The van der Waals surface area contributed by atoms with E-state index in [9.17, 15) is 0 Å². The molecule has 2 aromatic heterocycles. The molecular weight excluding hydrogens is 687 g/mol. The molecule has 0 spiro atoms. The number of thiophene rings is 1. The Morgan fingerprint density at radius 3 is 2.09 bits per heavy atom. The lowest BCUT2D eigenvalue weighted by molar-refractivity contribution is 0.669. The second-order valence-corrected chi connectivity index (χ2v) is 15.4. The molecule has 55 heavy (non-hydrogen) atoms. The molecule has 10 aromatic rings. The molecule has 0 aliphatic heterocycles. The van der Waals surface area contributed by atoms with Gasteiger partial charge in [0.15, 0.2) is 0 Å². The van der Waals surface area contributed by atoms with Crippen molar-refractivity contribution in [2.45, 2.75) is 12.8 Å². The van der Waals surface area contributed by atoms with E-state index in [1.54, 1.807) is 0 Å². The average molecular weight is 722 g/mol. The summed E-state index contributed by atoms with van der Waals surface area (Å²) in [5.41, 5.74) is 12.6. The molecule has 0 unspecified atom stereocenters. The fourth-order valence-electron chi connectivity index (χ4n) is 8.43. The number of fused-ring (bicyclic) bond motifs is 8. The van der Waals surface area contributed by atoms with Crippen molar-refractivity contribution in [2.24, 2.45) is 0 Å². The predicted molar refractivity (Wildman–Crippen MR) is 236 cm³/mol. The molecule has 8 aromatic carbocycles. The number of hydrogen-bond acceptors (Lipinski definition) is 3. The Kier molecular flexibility index (Phi) is 7.53. The summed E-state index contributed by atoms with van der Waals surface area (Å²) in [5, 5.41) is 7.32. The van der Waals surface area contributed by atoms with Gasteiger partial charge in [0.25, 0.3) is 0 Å². The maximum atomic E-state index is 6.29. The van der Waals surface area contributed by atoms with Gasteiger partial charge in [0, 0.05) is 37.5 Å². The molecule has 0 atom stereocenters. The van der Waals surface area contributed by atoms with Crippen LogP contribution in [-0.2, 0) is 0 Å². The summed E-state index contributed by atoms with van der Waals surface area (Å²) >= 11 is 1.87. The van der Waals surface area contributed by atoms with E-state index in [-0.39, 0.29) is 0 Å². The van der Waals surface area contributed by atoms with Crippen LogP contribution in [0.1, 0.15) is 18.4 Å². The number of nitrogens with zero attached hydrogens (tertiary/aromatic N) is 1. The van der Waals surface area contributed by atoms with Gasteiger partial charge in [-0.3, -0.25) is 0 Å². The minimum atomic E-state index is 0.920. The smallest absolute Gasteiger partial charge is 0.136 e. The molecule has 260 valence electrons.